The van der Waals surface area contributed by atoms with Crippen LogP contribution in [-0.4, -0.2) is 22.1 Å². The lowest BCUT2D eigenvalue weighted by atomic mass is 9.71. The van der Waals surface area contributed by atoms with Gasteiger partial charge in [-0.15, -0.1) is 0 Å². The zero-order valence-corrected chi connectivity index (χ0v) is 13.6. The van der Waals surface area contributed by atoms with Gasteiger partial charge in [0, 0.05) is 17.7 Å². The number of carbonyl (C=O) groups is 1. The molecule has 6 nitrogen and oxygen atoms in total. The highest BCUT2D eigenvalue weighted by atomic mass is 16.6. The third-order valence-electron chi connectivity index (χ3n) is 5.06. The van der Waals surface area contributed by atoms with Crippen molar-refractivity contribution in [2.45, 2.75) is 52.0 Å². The summed E-state index contributed by atoms with van der Waals surface area (Å²) in [5.41, 5.74) is 1.83. The number of nitrogens with zero attached hydrogens (tertiary/aromatic N) is 2. The highest BCUT2D eigenvalue weighted by Crippen LogP contribution is 2.43. The lowest BCUT2D eigenvalue weighted by Crippen LogP contribution is -2.39. The number of ketones is 1. The first-order chi connectivity index (χ1) is 11.0. The first-order valence-corrected chi connectivity index (χ1v) is 8.31. The van der Waals surface area contributed by atoms with Crippen molar-refractivity contribution in [2.75, 3.05) is 10.6 Å². The van der Waals surface area contributed by atoms with E-state index in [1.54, 1.807) is 0 Å². The molecule has 0 saturated carbocycles. The van der Waals surface area contributed by atoms with Crippen LogP contribution in [0.4, 0.5) is 11.6 Å². The van der Waals surface area contributed by atoms with Gasteiger partial charge in [0.2, 0.25) is 11.6 Å². The van der Waals surface area contributed by atoms with Crippen LogP contribution < -0.4 is 10.6 Å². The van der Waals surface area contributed by atoms with Crippen LogP contribution in [-0.2, 0) is 4.79 Å². The Kier molecular flexibility index (Phi) is 3.28. The molecule has 1 aromatic heterocycles. The predicted molar refractivity (Wildman–Crippen MR) is 86.9 cm³/mol. The van der Waals surface area contributed by atoms with Crippen LogP contribution in [0.25, 0.3) is 0 Å². The maximum Gasteiger partial charge on any atom is 0.219 e. The van der Waals surface area contributed by atoms with Crippen molar-refractivity contribution in [1.82, 2.24) is 10.3 Å². The molecule has 0 amide bonds. The van der Waals surface area contributed by atoms with Crippen LogP contribution in [0.15, 0.2) is 28.1 Å². The number of fused-ring (bicyclic) bond motifs is 1. The van der Waals surface area contributed by atoms with Gasteiger partial charge in [-0.25, -0.2) is 4.63 Å². The summed E-state index contributed by atoms with van der Waals surface area (Å²) in [4.78, 5) is 12.9. The van der Waals surface area contributed by atoms with Crippen LogP contribution in [0, 0.1) is 11.3 Å². The number of hydrogen-bond donors (Lipinski definition) is 2. The van der Waals surface area contributed by atoms with E-state index in [0.717, 1.165) is 37.0 Å². The molecule has 1 aliphatic heterocycles. The summed E-state index contributed by atoms with van der Waals surface area (Å²) in [5.74, 6) is 1.80. The molecule has 2 aliphatic carbocycles. The maximum atomic E-state index is 12.9. The Balaban J connectivity index is 1.79. The summed E-state index contributed by atoms with van der Waals surface area (Å²) in [6, 6.07) is -0.0285. The highest BCUT2D eigenvalue weighted by Gasteiger charge is 2.41. The van der Waals surface area contributed by atoms with Crippen LogP contribution in [0.3, 0.4) is 0 Å². The summed E-state index contributed by atoms with van der Waals surface area (Å²) >= 11 is 0. The van der Waals surface area contributed by atoms with Gasteiger partial charge in [0.1, 0.15) is 0 Å². The predicted octanol–water partition coefficient (Wildman–Crippen LogP) is 3.28. The van der Waals surface area contributed by atoms with Gasteiger partial charge < -0.3 is 10.6 Å². The van der Waals surface area contributed by atoms with Crippen molar-refractivity contribution in [3.63, 3.8) is 0 Å². The van der Waals surface area contributed by atoms with Crippen molar-refractivity contribution in [1.29, 1.82) is 0 Å². The summed E-state index contributed by atoms with van der Waals surface area (Å²) in [5, 5.41) is 14.6. The zero-order valence-electron chi connectivity index (χ0n) is 13.6. The maximum absolute atomic E-state index is 12.9. The SMILES string of the molecule is CC1(C)CC(=O)C2=C(C1)Nc1nonc1NC2C1CC=CCC1. The molecule has 0 aromatic carbocycles. The molecular formula is C17H22N4O2. The van der Waals surface area contributed by atoms with E-state index in [1.807, 2.05) is 0 Å². The van der Waals surface area contributed by atoms with Gasteiger partial charge in [-0.1, -0.05) is 26.0 Å². The smallest absolute Gasteiger partial charge is 0.219 e. The van der Waals surface area contributed by atoms with Crippen molar-refractivity contribution >= 4 is 17.4 Å². The number of aromatic nitrogens is 2. The fourth-order valence-corrected chi connectivity index (χ4v) is 4.01. The molecule has 2 heterocycles. The van der Waals surface area contributed by atoms with Crippen LogP contribution in [0.1, 0.15) is 46.0 Å². The van der Waals surface area contributed by atoms with Gasteiger partial charge in [-0.05, 0) is 47.3 Å². The standard InChI is InChI=1S/C17H22N4O2/c1-17(2)8-11-13(12(22)9-17)14(10-6-4-3-5-7-10)19-16-15(18-11)20-23-21-16/h3-4,10,14H,5-9H2,1-2H3,(H,18,20)(H,19,21). The van der Waals surface area contributed by atoms with E-state index < -0.39 is 0 Å². The van der Waals surface area contributed by atoms with Gasteiger partial charge in [-0.3, -0.25) is 4.79 Å². The van der Waals surface area contributed by atoms with Crippen molar-refractivity contribution < 1.29 is 9.42 Å². The topological polar surface area (TPSA) is 80.1 Å². The second-order valence-corrected chi connectivity index (χ2v) is 7.59. The minimum Gasteiger partial charge on any atom is -0.357 e. The lowest BCUT2D eigenvalue weighted by molar-refractivity contribution is -0.118. The van der Waals surface area contributed by atoms with Gasteiger partial charge in [-0.2, -0.15) is 0 Å². The summed E-state index contributed by atoms with van der Waals surface area (Å²) < 4.78 is 4.87. The molecule has 4 rings (SSSR count). The Morgan fingerprint density at radius 2 is 2.04 bits per heavy atom. The van der Waals surface area contributed by atoms with E-state index in [9.17, 15) is 4.79 Å². The summed E-state index contributed by atoms with van der Waals surface area (Å²) in [6.07, 6.45) is 8.96. The molecule has 0 spiro atoms. The Labute approximate surface area is 135 Å². The minimum atomic E-state index is -0.0401. The van der Waals surface area contributed by atoms with E-state index in [-0.39, 0.29) is 17.2 Å². The number of anilines is 2. The third kappa shape index (κ3) is 2.56. The average Bonchev–Trinajstić information content (AvgIpc) is 2.86. The molecule has 0 fully saturated rings. The average molecular weight is 314 g/mol. The zero-order chi connectivity index (χ0) is 16.0. The van der Waals surface area contributed by atoms with Gasteiger partial charge in [0.25, 0.3) is 0 Å². The van der Waals surface area contributed by atoms with E-state index in [1.165, 1.54) is 0 Å². The summed E-state index contributed by atoms with van der Waals surface area (Å²) in [6.45, 7) is 4.27. The second kappa shape index (κ2) is 5.22. The molecule has 0 radical (unpaired) electrons. The van der Waals surface area contributed by atoms with E-state index in [0.29, 0.717) is 24.0 Å². The molecule has 0 saturated heterocycles. The molecule has 6 heteroatoms. The van der Waals surface area contributed by atoms with Crippen LogP contribution in [0.5, 0.6) is 0 Å². The second-order valence-electron chi connectivity index (χ2n) is 7.59. The monoisotopic (exact) mass is 314 g/mol. The van der Waals surface area contributed by atoms with Crippen molar-refractivity contribution in [3.8, 4) is 0 Å². The Morgan fingerprint density at radius 1 is 1.22 bits per heavy atom. The molecule has 2 N–H and O–H groups in total. The fraction of sp³-hybridized carbons (Fsp3) is 0.588. The van der Waals surface area contributed by atoms with E-state index in [4.69, 9.17) is 4.63 Å². The molecule has 3 aliphatic rings. The molecule has 1 aromatic rings. The fourth-order valence-electron chi connectivity index (χ4n) is 4.01. The number of carbonyl (C=O) groups excluding carboxylic acids is 1. The summed E-state index contributed by atoms with van der Waals surface area (Å²) in [7, 11) is 0. The lowest BCUT2D eigenvalue weighted by Gasteiger charge is -2.36. The quantitative estimate of drug-likeness (QED) is 0.774. The van der Waals surface area contributed by atoms with Gasteiger partial charge in [0.15, 0.2) is 5.78 Å². The van der Waals surface area contributed by atoms with Crippen LogP contribution >= 0.6 is 0 Å². The molecule has 23 heavy (non-hydrogen) atoms. The Bertz CT molecular complexity index is 701. The third-order valence-corrected chi connectivity index (χ3v) is 5.06. The largest absolute Gasteiger partial charge is 0.357 e. The number of Topliss-reactive ketones (excluding diaryl/α,β-unsaturated/α-hetero) is 1. The number of nitrogens with one attached hydrogen (secondary N) is 2. The molecule has 0 bridgehead atoms. The van der Waals surface area contributed by atoms with E-state index in [2.05, 4.69) is 46.9 Å². The van der Waals surface area contributed by atoms with E-state index >= 15 is 0 Å². The number of allylic oxidation sites excluding steroid dienone is 3. The molecule has 2 atom stereocenters. The normalized spacial score (nSPS) is 29.2. The van der Waals surface area contributed by atoms with Crippen molar-refractivity contribution in [3.05, 3.63) is 23.4 Å². The van der Waals surface area contributed by atoms with Gasteiger partial charge in [0.05, 0.1) is 6.04 Å². The molecule has 2 unspecified atom stereocenters. The highest BCUT2D eigenvalue weighted by molar-refractivity contribution is 6.00. The first kappa shape index (κ1) is 14.5. The Hall–Kier alpha value is -2.11. The van der Waals surface area contributed by atoms with Crippen molar-refractivity contribution in [2.24, 2.45) is 11.3 Å². The molecular weight excluding hydrogens is 292 g/mol. The molecule has 122 valence electrons. The Morgan fingerprint density at radius 3 is 2.83 bits per heavy atom. The number of rotatable bonds is 1. The van der Waals surface area contributed by atoms with Crippen LogP contribution in [0.2, 0.25) is 0 Å². The van der Waals surface area contributed by atoms with Gasteiger partial charge >= 0.3 is 0 Å². The first-order valence-electron chi connectivity index (χ1n) is 8.31. The minimum absolute atomic E-state index is 0.0285. The number of hydrogen-bond acceptors (Lipinski definition) is 6.